The van der Waals surface area contributed by atoms with Crippen LogP contribution in [0, 0.1) is 0 Å². The first-order chi connectivity index (χ1) is 8.33. The third-order valence-corrected chi connectivity index (χ3v) is 2.82. The van der Waals surface area contributed by atoms with Crippen LogP contribution in [-0.4, -0.2) is 21.2 Å². The van der Waals surface area contributed by atoms with Crippen molar-refractivity contribution >= 4 is 17.0 Å². The van der Waals surface area contributed by atoms with E-state index >= 15 is 0 Å². The van der Waals surface area contributed by atoms with E-state index in [1.807, 2.05) is 24.3 Å². The van der Waals surface area contributed by atoms with Gasteiger partial charge in [-0.3, -0.25) is 0 Å². The van der Waals surface area contributed by atoms with Gasteiger partial charge in [0, 0.05) is 6.04 Å². The molecule has 1 aromatic carbocycles. The van der Waals surface area contributed by atoms with Gasteiger partial charge in [0.15, 0.2) is 0 Å². The van der Waals surface area contributed by atoms with E-state index in [1.165, 1.54) is 0 Å². The molecule has 0 saturated heterocycles. The van der Waals surface area contributed by atoms with Crippen molar-refractivity contribution in [2.45, 2.75) is 39.2 Å². The molecule has 2 aromatic rings. The van der Waals surface area contributed by atoms with E-state index in [4.69, 9.17) is 0 Å². The molecular weight excluding hydrogens is 212 g/mol. The van der Waals surface area contributed by atoms with Crippen LogP contribution < -0.4 is 5.32 Å². The second-order valence-electron chi connectivity index (χ2n) is 4.16. The Hall–Kier alpha value is -1.71. The summed E-state index contributed by atoms with van der Waals surface area (Å²) in [5, 5.41) is 11.6. The summed E-state index contributed by atoms with van der Waals surface area (Å²) in [6.07, 6.45) is 3.36. The van der Waals surface area contributed by atoms with Crippen molar-refractivity contribution in [3.05, 3.63) is 24.3 Å². The van der Waals surface area contributed by atoms with Gasteiger partial charge in [0.1, 0.15) is 5.52 Å². The van der Waals surface area contributed by atoms with Gasteiger partial charge in [-0.25, -0.2) is 4.98 Å². The van der Waals surface area contributed by atoms with Crippen molar-refractivity contribution < 1.29 is 0 Å². The molecule has 0 saturated carbocycles. The zero-order valence-corrected chi connectivity index (χ0v) is 10.3. The van der Waals surface area contributed by atoms with Crippen molar-refractivity contribution in [3.63, 3.8) is 0 Å². The Morgan fingerprint density at radius 1 is 1.12 bits per heavy atom. The standard InChI is InChI=1S/C13H18N4/c1-3-7-10(4-2)14-13-15-11-8-5-6-9-12(11)16-17-13/h5-6,8-10H,3-4,7H2,1-2H3,(H,14,15,17). The first-order valence-corrected chi connectivity index (χ1v) is 6.19. The molecule has 0 aliphatic rings. The fourth-order valence-electron chi connectivity index (χ4n) is 1.85. The SMILES string of the molecule is CCCC(CC)Nc1nnc2ccccc2n1. The van der Waals surface area contributed by atoms with Gasteiger partial charge >= 0.3 is 0 Å². The Labute approximate surface area is 101 Å². The quantitative estimate of drug-likeness (QED) is 0.857. The molecule has 0 aliphatic heterocycles. The molecule has 4 nitrogen and oxygen atoms in total. The number of nitrogens with zero attached hydrogens (tertiary/aromatic N) is 3. The van der Waals surface area contributed by atoms with Crippen LogP contribution in [0.15, 0.2) is 24.3 Å². The number of hydrogen-bond acceptors (Lipinski definition) is 4. The summed E-state index contributed by atoms with van der Waals surface area (Å²) in [5.74, 6) is 0.629. The van der Waals surface area contributed by atoms with Crippen LogP contribution in [0.2, 0.25) is 0 Å². The van der Waals surface area contributed by atoms with Crippen LogP contribution in [0.4, 0.5) is 5.95 Å². The van der Waals surface area contributed by atoms with Gasteiger partial charge in [0.25, 0.3) is 0 Å². The fraction of sp³-hybridized carbons (Fsp3) is 0.462. The van der Waals surface area contributed by atoms with E-state index in [9.17, 15) is 0 Å². The van der Waals surface area contributed by atoms with Gasteiger partial charge in [-0.05, 0) is 25.0 Å². The molecule has 1 unspecified atom stereocenters. The summed E-state index contributed by atoms with van der Waals surface area (Å²) in [4.78, 5) is 4.46. The predicted molar refractivity (Wildman–Crippen MR) is 69.9 cm³/mol. The van der Waals surface area contributed by atoms with E-state index < -0.39 is 0 Å². The van der Waals surface area contributed by atoms with Crippen LogP contribution in [0.1, 0.15) is 33.1 Å². The largest absolute Gasteiger partial charge is 0.350 e. The summed E-state index contributed by atoms with van der Waals surface area (Å²) < 4.78 is 0. The number of benzene rings is 1. The molecule has 1 heterocycles. The molecule has 0 radical (unpaired) electrons. The average Bonchev–Trinajstić information content (AvgIpc) is 2.38. The molecule has 1 aromatic heterocycles. The summed E-state index contributed by atoms with van der Waals surface area (Å²) in [5.41, 5.74) is 1.72. The van der Waals surface area contributed by atoms with Gasteiger partial charge in [0.2, 0.25) is 5.95 Å². The zero-order chi connectivity index (χ0) is 12.1. The highest BCUT2D eigenvalue weighted by Crippen LogP contribution is 2.12. The highest BCUT2D eigenvalue weighted by Gasteiger charge is 2.07. The van der Waals surface area contributed by atoms with E-state index in [2.05, 4.69) is 34.3 Å². The van der Waals surface area contributed by atoms with Crippen LogP contribution in [0.25, 0.3) is 11.0 Å². The van der Waals surface area contributed by atoms with Crippen LogP contribution in [0.3, 0.4) is 0 Å². The Balaban J connectivity index is 2.18. The molecule has 0 bridgehead atoms. The summed E-state index contributed by atoms with van der Waals surface area (Å²) >= 11 is 0. The lowest BCUT2D eigenvalue weighted by Crippen LogP contribution is -2.20. The molecular formula is C13H18N4. The molecule has 1 atom stereocenters. The van der Waals surface area contributed by atoms with Crippen molar-refractivity contribution in [1.82, 2.24) is 15.2 Å². The lowest BCUT2D eigenvalue weighted by Gasteiger charge is -2.15. The molecule has 1 N–H and O–H groups in total. The summed E-state index contributed by atoms with van der Waals surface area (Å²) in [6, 6.07) is 8.21. The Morgan fingerprint density at radius 2 is 1.88 bits per heavy atom. The maximum atomic E-state index is 4.46. The Morgan fingerprint density at radius 3 is 2.59 bits per heavy atom. The van der Waals surface area contributed by atoms with Crippen molar-refractivity contribution in [2.24, 2.45) is 0 Å². The van der Waals surface area contributed by atoms with Crippen molar-refractivity contribution in [1.29, 1.82) is 0 Å². The highest BCUT2D eigenvalue weighted by atomic mass is 15.2. The number of nitrogens with one attached hydrogen (secondary N) is 1. The molecule has 0 amide bonds. The van der Waals surface area contributed by atoms with Gasteiger partial charge in [-0.15, -0.1) is 10.2 Å². The van der Waals surface area contributed by atoms with Gasteiger partial charge < -0.3 is 5.32 Å². The fourth-order valence-corrected chi connectivity index (χ4v) is 1.85. The number of hydrogen-bond donors (Lipinski definition) is 1. The number of rotatable bonds is 5. The Bertz CT molecular complexity index is 484. The number of fused-ring (bicyclic) bond motifs is 1. The minimum atomic E-state index is 0.433. The average molecular weight is 230 g/mol. The second kappa shape index (κ2) is 5.57. The van der Waals surface area contributed by atoms with E-state index in [0.29, 0.717) is 12.0 Å². The molecule has 90 valence electrons. The number of para-hydroxylation sites is 1. The maximum Gasteiger partial charge on any atom is 0.243 e. The zero-order valence-electron chi connectivity index (χ0n) is 10.3. The third-order valence-electron chi connectivity index (χ3n) is 2.82. The number of aromatic nitrogens is 3. The van der Waals surface area contributed by atoms with Gasteiger partial charge in [0.05, 0.1) is 5.52 Å². The van der Waals surface area contributed by atoms with Gasteiger partial charge in [-0.1, -0.05) is 32.4 Å². The van der Waals surface area contributed by atoms with Crippen LogP contribution in [0.5, 0.6) is 0 Å². The monoisotopic (exact) mass is 230 g/mol. The molecule has 4 heteroatoms. The number of anilines is 1. The smallest absolute Gasteiger partial charge is 0.243 e. The van der Waals surface area contributed by atoms with E-state index in [0.717, 1.165) is 30.3 Å². The summed E-state index contributed by atoms with van der Waals surface area (Å²) in [6.45, 7) is 4.35. The minimum Gasteiger partial charge on any atom is -0.350 e. The summed E-state index contributed by atoms with van der Waals surface area (Å²) in [7, 11) is 0. The molecule has 2 rings (SSSR count). The lowest BCUT2D eigenvalue weighted by molar-refractivity contribution is 0.616. The minimum absolute atomic E-state index is 0.433. The van der Waals surface area contributed by atoms with Gasteiger partial charge in [-0.2, -0.15) is 0 Å². The van der Waals surface area contributed by atoms with E-state index in [1.54, 1.807) is 0 Å². The predicted octanol–water partition coefficient (Wildman–Crippen LogP) is 3.02. The second-order valence-corrected chi connectivity index (χ2v) is 4.16. The molecule has 0 aliphatic carbocycles. The van der Waals surface area contributed by atoms with E-state index in [-0.39, 0.29) is 0 Å². The molecule has 0 spiro atoms. The lowest BCUT2D eigenvalue weighted by atomic mass is 10.1. The van der Waals surface area contributed by atoms with Crippen molar-refractivity contribution in [3.8, 4) is 0 Å². The first-order valence-electron chi connectivity index (χ1n) is 6.19. The van der Waals surface area contributed by atoms with Crippen molar-refractivity contribution in [2.75, 3.05) is 5.32 Å². The highest BCUT2D eigenvalue weighted by molar-refractivity contribution is 5.74. The molecule has 0 fully saturated rings. The first kappa shape index (κ1) is 11.8. The topological polar surface area (TPSA) is 50.7 Å². The Kier molecular flexibility index (Phi) is 3.85. The molecule has 17 heavy (non-hydrogen) atoms. The normalized spacial score (nSPS) is 12.6. The third kappa shape index (κ3) is 2.90. The van der Waals surface area contributed by atoms with Crippen LogP contribution in [-0.2, 0) is 0 Å². The van der Waals surface area contributed by atoms with Crippen LogP contribution >= 0.6 is 0 Å². The maximum absolute atomic E-state index is 4.46.